The lowest BCUT2D eigenvalue weighted by Crippen LogP contribution is -2.13. The normalized spacial score (nSPS) is 11.4. The van der Waals surface area contributed by atoms with Crippen LogP contribution in [0.3, 0.4) is 0 Å². The van der Waals surface area contributed by atoms with Crippen molar-refractivity contribution in [3.05, 3.63) is 58.3 Å². The van der Waals surface area contributed by atoms with Crippen LogP contribution in [-0.4, -0.2) is 8.42 Å². The molecular formula is C12H7BrF3NO2S. The Labute approximate surface area is 121 Å². The molecule has 0 aromatic heterocycles. The molecule has 0 fully saturated rings. The summed E-state index contributed by atoms with van der Waals surface area (Å²) in [5, 5.41) is 0. The van der Waals surface area contributed by atoms with E-state index in [2.05, 4.69) is 20.7 Å². The van der Waals surface area contributed by atoms with Crippen LogP contribution in [0.2, 0.25) is 0 Å². The van der Waals surface area contributed by atoms with E-state index in [1.165, 1.54) is 6.07 Å². The van der Waals surface area contributed by atoms with Gasteiger partial charge in [-0.2, -0.15) is 0 Å². The Morgan fingerprint density at radius 1 is 0.950 bits per heavy atom. The lowest BCUT2D eigenvalue weighted by Gasteiger charge is -2.10. The van der Waals surface area contributed by atoms with Gasteiger partial charge in [-0.25, -0.2) is 21.6 Å². The maximum atomic E-state index is 13.1. The molecule has 0 aliphatic rings. The van der Waals surface area contributed by atoms with E-state index in [4.69, 9.17) is 0 Å². The molecule has 2 aromatic rings. The number of hydrogen-bond acceptors (Lipinski definition) is 2. The predicted octanol–water partition coefficient (Wildman–Crippen LogP) is 3.67. The smallest absolute Gasteiger partial charge is 0.262 e. The van der Waals surface area contributed by atoms with Crippen LogP contribution in [0.15, 0.2) is 45.8 Å². The molecule has 0 aliphatic heterocycles. The second kappa shape index (κ2) is 5.45. The summed E-state index contributed by atoms with van der Waals surface area (Å²) in [6.07, 6.45) is 0. The van der Waals surface area contributed by atoms with Gasteiger partial charge in [0.2, 0.25) is 0 Å². The molecule has 2 aromatic carbocycles. The molecule has 0 saturated heterocycles. The minimum atomic E-state index is -4.10. The number of sulfonamides is 1. The van der Waals surface area contributed by atoms with Gasteiger partial charge >= 0.3 is 0 Å². The highest BCUT2D eigenvalue weighted by molar-refractivity contribution is 9.10. The number of benzene rings is 2. The van der Waals surface area contributed by atoms with Gasteiger partial charge in [-0.15, -0.1) is 0 Å². The van der Waals surface area contributed by atoms with Crippen molar-refractivity contribution >= 4 is 31.6 Å². The highest BCUT2D eigenvalue weighted by atomic mass is 79.9. The number of halogens is 4. The lowest BCUT2D eigenvalue weighted by molar-refractivity contribution is 0.504. The minimum absolute atomic E-state index is 0.0798. The van der Waals surface area contributed by atoms with E-state index in [-0.39, 0.29) is 10.2 Å². The SMILES string of the molecule is O=S(=O)(Nc1ccc(F)cc1Br)c1ccc(F)c(F)c1. The van der Waals surface area contributed by atoms with E-state index in [1.54, 1.807) is 0 Å². The first-order valence-corrected chi connectivity index (χ1v) is 7.50. The van der Waals surface area contributed by atoms with Crippen molar-refractivity contribution in [2.75, 3.05) is 4.72 Å². The van der Waals surface area contributed by atoms with Crippen molar-refractivity contribution < 1.29 is 21.6 Å². The van der Waals surface area contributed by atoms with E-state index in [0.717, 1.165) is 18.2 Å². The molecule has 0 spiro atoms. The lowest BCUT2D eigenvalue weighted by atomic mass is 10.3. The third-order valence-electron chi connectivity index (χ3n) is 2.38. The van der Waals surface area contributed by atoms with Crippen molar-refractivity contribution in [1.29, 1.82) is 0 Å². The Kier molecular flexibility index (Phi) is 4.05. The first-order chi connectivity index (χ1) is 9.29. The number of rotatable bonds is 3. The highest BCUT2D eigenvalue weighted by Crippen LogP contribution is 2.26. The van der Waals surface area contributed by atoms with Gasteiger partial charge in [0.05, 0.1) is 10.6 Å². The highest BCUT2D eigenvalue weighted by Gasteiger charge is 2.18. The van der Waals surface area contributed by atoms with E-state index >= 15 is 0 Å². The fraction of sp³-hybridized carbons (Fsp3) is 0. The average Bonchev–Trinajstić information content (AvgIpc) is 2.36. The van der Waals surface area contributed by atoms with Gasteiger partial charge in [-0.05, 0) is 52.3 Å². The Morgan fingerprint density at radius 3 is 2.25 bits per heavy atom. The third kappa shape index (κ3) is 3.13. The van der Waals surface area contributed by atoms with Crippen molar-refractivity contribution in [3.8, 4) is 0 Å². The van der Waals surface area contributed by atoms with Crippen LogP contribution in [-0.2, 0) is 10.0 Å². The second-order valence-corrected chi connectivity index (χ2v) is 6.34. The summed E-state index contributed by atoms with van der Waals surface area (Å²) in [5.74, 6) is -2.97. The molecule has 0 bridgehead atoms. The second-order valence-electron chi connectivity index (χ2n) is 3.81. The van der Waals surface area contributed by atoms with Crippen molar-refractivity contribution in [3.63, 3.8) is 0 Å². The monoisotopic (exact) mass is 365 g/mol. The summed E-state index contributed by atoms with van der Waals surface area (Å²) in [6.45, 7) is 0. The zero-order valence-corrected chi connectivity index (χ0v) is 12.1. The fourth-order valence-corrected chi connectivity index (χ4v) is 3.09. The van der Waals surface area contributed by atoms with Crippen LogP contribution in [0.25, 0.3) is 0 Å². The molecule has 0 atom stereocenters. The topological polar surface area (TPSA) is 46.2 Å². The quantitative estimate of drug-likeness (QED) is 0.901. The van der Waals surface area contributed by atoms with Crippen LogP contribution >= 0.6 is 15.9 Å². The standard InChI is InChI=1S/C12H7BrF3NO2S/c13-9-5-7(14)1-4-12(9)17-20(18,19)8-2-3-10(15)11(16)6-8/h1-6,17H. The van der Waals surface area contributed by atoms with Gasteiger partial charge in [-0.3, -0.25) is 4.72 Å². The Bertz CT molecular complexity index is 765. The van der Waals surface area contributed by atoms with Gasteiger partial charge in [0.25, 0.3) is 10.0 Å². The van der Waals surface area contributed by atoms with Gasteiger partial charge in [0, 0.05) is 4.47 Å². The predicted molar refractivity (Wildman–Crippen MR) is 71.3 cm³/mol. The van der Waals surface area contributed by atoms with Crippen molar-refractivity contribution in [1.82, 2.24) is 0 Å². The summed E-state index contributed by atoms with van der Waals surface area (Å²) in [7, 11) is -4.10. The maximum Gasteiger partial charge on any atom is 0.262 e. The summed E-state index contributed by atoms with van der Waals surface area (Å²) in [4.78, 5) is -0.437. The van der Waals surface area contributed by atoms with Crippen molar-refractivity contribution in [2.24, 2.45) is 0 Å². The summed E-state index contributed by atoms with van der Waals surface area (Å²) >= 11 is 3.00. The Morgan fingerprint density at radius 2 is 1.65 bits per heavy atom. The molecule has 8 heteroatoms. The first kappa shape index (κ1) is 14.9. The molecule has 106 valence electrons. The fourth-order valence-electron chi connectivity index (χ4n) is 1.42. The molecule has 0 saturated carbocycles. The Hall–Kier alpha value is -1.54. The van der Waals surface area contributed by atoms with Gasteiger partial charge < -0.3 is 0 Å². The third-order valence-corrected chi connectivity index (χ3v) is 4.40. The summed E-state index contributed by atoms with van der Waals surface area (Å²) in [5.41, 5.74) is 0.0798. The molecule has 2 rings (SSSR count). The van der Waals surface area contributed by atoms with Crippen LogP contribution in [0, 0.1) is 17.5 Å². The average molecular weight is 366 g/mol. The summed E-state index contributed by atoms with van der Waals surface area (Å²) < 4.78 is 65.0. The molecule has 0 heterocycles. The first-order valence-electron chi connectivity index (χ1n) is 5.22. The van der Waals surface area contributed by atoms with Gasteiger partial charge in [-0.1, -0.05) is 0 Å². The van der Waals surface area contributed by atoms with Crippen LogP contribution in [0.5, 0.6) is 0 Å². The molecule has 3 nitrogen and oxygen atoms in total. The zero-order chi connectivity index (χ0) is 14.9. The molecule has 0 aliphatic carbocycles. The van der Waals surface area contributed by atoms with Crippen molar-refractivity contribution in [2.45, 2.75) is 4.90 Å². The van der Waals surface area contributed by atoms with E-state index < -0.39 is 32.4 Å². The van der Waals surface area contributed by atoms with Gasteiger partial charge in [0.1, 0.15) is 5.82 Å². The zero-order valence-electron chi connectivity index (χ0n) is 9.70. The molecule has 0 amide bonds. The van der Waals surface area contributed by atoms with E-state index in [9.17, 15) is 21.6 Å². The minimum Gasteiger partial charge on any atom is -0.278 e. The molecular weight excluding hydrogens is 359 g/mol. The molecule has 1 N–H and O–H groups in total. The van der Waals surface area contributed by atoms with Crippen LogP contribution < -0.4 is 4.72 Å². The van der Waals surface area contributed by atoms with E-state index in [1.807, 2.05) is 0 Å². The number of nitrogens with one attached hydrogen (secondary N) is 1. The van der Waals surface area contributed by atoms with Crippen LogP contribution in [0.1, 0.15) is 0 Å². The molecule has 20 heavy (non-hydrogen) atoms. The Balaban J connectivity index is 2.38. The molecule has 0 radical (unpaired) electrons. The van der Waals surface area contributed by atoms with Gasteiger partial charge in [0.15, 0.2) is 11.6 Å². The summed E-state index contributed by atoms with van der Waals surface area (Å²) in [6, 6.07) is 5.55. The number of anilines is 1. The van der Waals surface area contributed by atoms with E-state index in [0.29, 0.717) is 12.1 Å². The number of hydrogen-bond donors (Lipinski definition) is 1. The maximum absolute atomic E-state index is 13.1. The molecule has 0 unspecified atom stereocenters. The van der Waals surface area contributed by atoms with Crippen LogP contribution in [0.4, 0.5) is 18.9 Å². The largest absolute Gasteiger partial charge is 0.278 e.